The predicted octanol–water partition coefficient (Wildman–Crippen LogP) is 2.54. The first-order chi connectivity index (χ1) is 4.63. The maximum absolute atomic E-state index is 9.02. The summed E-state index contributed by atoms with van der Waals surface area (Å²) in [5.74, 6) is -0.195. The summed E-state index contributed by atoms with van der Waals surface area (Å²) in [6.07, 6.45) is 1.94. The molecule has 54 valence electrons. The fraction of sp³-hybridized carbons (Fsp3) is 0.167. The molecular formula is C6H5Cl2NO. The van der Waals surface area contributed by atoms with E-state index >= 15 is 0 Å². The lowest BCUT2D eigenvalue weighted by atomic mass is 10.1. The first-order valence-electron chi connectivity index (χ1n) is 2.65. The number of rotatable bonds is 0. The van der Waals surface area contributed by atoms with Crippen LogP contribution in [0.5, 0.6) is 0 Å². The molecule has 0 saturated carbocycles. The first-order valence-corrected chi connectivity index (χ1v) is 3.41. The third-order valence-electron chi connectivity index (χ3n) is 1.18. The quantitative estimate of drug-likeness (QED) is 0.588. The van der Waals surface area contributed by atoms with E-state index in [1.807, 2.05) is 0 Å². The van der Waals surface area contributed by atoms with Crippen LogP contribution in [0.15, 0.2) is 21.9 Å². The molecule has 4 heteroatoms. The maximum Gasteiger partial charge on any atom is 0.154 e. The lowest BCUT2D eigenvalue weighted by molar-refractivity contribution is 0.427. The van der Waals surface area contributed by atoms with Gasteiger partial charge in [0, 0.05) is 6.42 Å². The largest absolute Gasteiger partial charge is 0.505 e. The van der Waals surface area contributed by atoms with Crippen LogP contribution in [0.1, 0.15) is 6.42 Å². The van der Waals surface area contributed by atoms with Crippen LogP contribution in [0.4, 0.5) is 0 Å². The molecule has 1 aliphatic rings. The Hall–Kier alpha value is -0.470. The molecule has 1 aliphatic carbocycles. The van der Waals surface area contributed by atoms with Gasteiger partial charge in [0.2, 0.25) is 0 Å². The highest BCUT2D eigenvalue weighted by atomic mass is 35.5. The summed E-state index contributed by atoms with van der Waals surface area (Å²) >= 11 is 11.0. The Labute approximate surface area is 68.3 Å². The second-order valence-corrected chi connectivity index (χ2v) is 2.68. The Morgan fingerprint density at radius 2 is 2.10 bits per heavy atom. The molecular weight excluding hydrogens is 173 g/mol. The molecule has 0 aromatic carbocycles. The minimum atomic E-state index is -0.195. The molecule has 0 unspecified atom stereocenters. The molecule has 10 heavy (non-hydrogen) atoms. The Morgan fingerprint density at radius 1 is 1.50 bits per heavy atom. The van der Waals surface area contributed by atoms with Gasteiger partial charge in [-0.3, -0.25) is 0 Å². The van der Waals surface area contributed by atoms with Crippen molar-refractivity contribution in [2.45, 2.75) is 6.42 Å². The second kappa shape index (κ2) is 2.64. The van der Waals surface area contributed by atoms with Gasteiger partial charge in [0.15, 0.2) is 5.76 Å². The Balaban J connectivity index is 3.06. The topological polar surface area (TPSA) is 44.1 Å². The van der Waals surface area contributed by atoms with Gasteiger partial charge < -0.3 is 10.5 Å². The summed E-state index contributed by atoms with van der Waals surface area (Å²) in [6, 6.07) is 0. The fourth-order valence-electron chi connectivity index (χ4n) is 0.626. The van der Waals surface area contributed by atoms with Crippen molar-refractivity contribution in [3.05, 3.63) is 21.9 Å². The molecule has 2 nitrogen and oxygen atoms in total. The summed E-state index contributed by atoms with van der Waals surface area (Å²) in [5.41, 5.74) is 0.198. The van der Waals surface area contributed by atoms with E-state index in [9.17, 15) is 0 Å². The van der Waals surface area contributed by atoms with Crippen LogP contribution >= 0.6 is 23.2 Å². The number of hydrogen-bond donors (Lipinski definition) is 2. The van der Waals surface area contributed by atoms with Crippen LogP contribution in [0.3, 0.4) is 0 Å². The molecule has 0 aromatic heterocycles. The molecule has 0 heterocycles. The van der Waals surface area contributed by atoms with Crippen molar-refractivity contribution in [3.63, 3.8) is 0 Å². The normalized spacial score (nSPS) is 19.4. The monoisotopic (exact) mass is 177 g/mol. The molecule has 0 aliphatic heterocycles. The number of nitrogens with one attached hydrogen (secondary N) is 1. The van der Waals surface area contributed by atoms with Crippen molar-refractivity contribution >= 4 is 28.9 Å². The minimum absolute atomic E-state index is 0.0486. The van der Waals surface area contributed by atoms with Gasteiger partial charge in [-0.05, 0) is 0 Å². The van der Waals surface area contributed by atoms with E-state index in [1.165, 1.54) is 0 Å². The first kappa shape index (κ1) is 7.63. The Kier molecular flexibility index (Phi) is 2.02. The number of allylic oxidation sites excluding steroid dienone is 3. The Bertz CT molecular complexity index is 238. The van der Waals surface area contributed by atoms with Gasteiger partial charge in [-0.25, -0.2) is 0 Å². The summed E-state index contributed by atoms with van der Waals surface area (Å²) in [5, 5.41) is 16.5. The van der Waals surface area contributed by atoms with Gasteiger partial charge >= 0.3 is 0 Å². The van der Waals surface area contributed by atoms with E-state index in [0.717, 1.165) is 0 Å². The van der Waals surface area contributed by atoms with Crippen molar-refractivity contribution in [1.29, 1.82) is 5.41 Å². The zero-order valence-corrected chi connectivity index (χ0v) is 6.50. The lowest BCUT2D eigenvalue weighted by Crippen LogP contribution is -2.04. The molecule has 0 atom stereocenters. The van der Waals surface area contributed by atoms with Crippen LogP contribution in [-0.4, -0.2) is 10.8 Å². The van der Waals surface area contributed by atoms with E-state index < -0.39 is 0 Å². The highest BCUT2D eigenvalue weighted by Crippen LogP contribution is 2.25. The van der Waals surface area contributed by atoms with Crippen LogP contribution in [0.2, 0.25) is 0 Å². The lowest BCUT2D eigenvalue weighted by Gasteiger charge is -2.08. The standard InChI is InChI=1S/C6H5Cl2NO/c7-3-1-2-4(9)5(8)6(3)10/h1,9-10H,2H2. The third-order valence-corrected chi connectivity index (χ3v) is 1.92. The number of aliphatic hydroxyl groups is 1. The fourth-order valence-corrected chi connectivity index (χ4v) is 1.02. The van der Waals surface area contributed by atoms with Crippen molar-refractivity contribution in [3.8, 4) is 0 Å². The molecule has 0 saturated heterocycles. The van der Waals surface area contributed by atoms with Crippen LogP contribution < -0.4 is 0 Å². The number of halogens is 2. The second-order valence-electron chi connectivity index (χ2n) is 1.90. The van der Waals surface area contributed by atoms with Gasteiger partial charge in [0.05, 0.1) is 10.7 Å². The predicted molar refractivity (Wildman–Crippen MR) is 41.8 cm³/mol. The molecule has 0 radical (unpaired) electrons. The van der Waals surface area contributed by atoms with Crippen LogP contribution in [0, 0.1) is 5.41 Å². The highest BCUT2D eigenvalue weighted by Gasteiger charge is 2.15. The zero-order chi connectivity index (χ0) is 7.72. The van der Waals surface area contributed by atoms with E-state index in [0.29, 0.717) is 6.42 Å². The van der Waals surface area contributed by atoms with Crippen LogP contribution in [0.25, 0.3) is 0 Å². The van der Waals surface area contributed by atoms with Crippen molar-refractivity contribution in [1.82, 2.24) is 0 Å². The van der Waals surface area contributed by atoms with Gasteiger partial charge in [-0.15, -0.1) is 0 Å². The van der Waals surface area contributed by atoms with E-state index in [-0.39, 0.29) is 21.5 Å². The van der Waals surface area contributed by atoms with Gasteiger partial charge in [-0.1, -0.05) is 29.3 Å². The number of aliphatic hydroxyl groups excluding tert-OH is 1. The van der Waals surface area contributed by atoms with Crippen molar-refractivity contribution < 1.29 is 5.11 Å². The van der Waals surface area contributed by atoms with Gasteiger partial charge in [-0.2, -0.15) is 0 Å². The summed E-state index contributed by atoms with van der Waals surface area (Å²) in [7, 11) is 0. The molecule has 0 aromatic rings. The molecule has 0 fully saturated rings. The summed E-state index contributed by atoms with van der Waals surface area (Å²) in [6.45, 7) is 0. The molecule has 0 amide bonds. The molecule has 2 N–H and O–H groups in total. The average molecular weight is 178 g/mol. The van der Waals surface area contributed by atoms with Gasteiger partial charge in [0.25, 0.3) is 0 Å². The van der Waals surface area contributed by atoms with E-state index in [2.05, 4.69) is 0 Å². The SMILES string of the molecule is N=C1CC=C(Cl)C(O)=C1Cl. The van der Waals surface area contributed by atoms with Gasteiger partial charge in [0.1, 0.15) is 5.03 Å². The van der Waals surface area contributed by atoms with Crippen molar-refractivity contribution in [2.75, 3.05) is 0 Å². The smallest absolute Gasteiger partial charge is 0.154 e. The third kappa shape index (κ3) is 1.18. The average Bonchev–Trinajstić information content (AvgIpc) is 1.93. The maximum atomic E-state index is 9.02. The van der Waals surface area contributed by atoms with E-state index in [1.54, 1.807) is 6.08 Å². The molecule has 0 bridgehead atoms. The van der Waals surface area contributed by atoms with E-state index in [4.69, 9.17) is 33.7 Å². The summed E-state index contributed by atoms with van der Waals surface area (Å²) < 4.78 is 0. The Morgan fingerprint density at radius 3 is 2.60 bits per heavy atom. The van der Waals surface area contributed by atoms with Crippen LogP contribution in [-0.2, 0) is 0 Å². The van der Waals surface area contributed by atoms with Crippen molar-refractivity contribution in [2.24, 2.45) is 0 Å². The zero-order valence-electron chi connectivity index (χ0n) is 4.99. The summed E-state index contributed by atoms with van der Waals surface area (Å²) in [4.78, 5) is 0. The minimum Gasteiger partial charge on any atom is -0.505 e. The molecule has 0 spiro atoms. The number of hydrogen-bond acceptors (Lipinski definition) is 2. The molecule has 1 rings (SSSR count). The highest BCUT2D eigenvalue weighted by molar-refractivity contribution is 6.45.